The molecule has 42 heavy (non-hydrogen) atoms. The number of aliphatic carboxylic acids is 2. The molecule has 2 unspecified atom stereocenters. The minimum absolute atomic E-state index is 0.320. The van der Waals surface area contributed by atoms with E-state index < -0.39 is 17.4 Å². The van der Waals surface area contributed by atoms with Gasteiger partial charge >= 0.3 is 11.9 Å². The topological polar surface area (TPSA) is 74.6 Å². The van der Waals surface area contributed by atoms with Crippen molar-refractivity contribution >= 4 is 11.9 Å². The molecule has 0 amide bonds. The third-order valence-corrected chi connectivity index (χ3v) is 9.91. The van der Waals surface area contributed by atoms with Crippen LogP contribution in [0.15, 0.2) is 0 Å². The fraction of sp³-hybridized carbons (Fsp3) is 0.947. The number of unbranched alkanes of at least 4 members (excludes halogenated alkanes) is 23. The van der Waals surface area contributed by atoms with Crippen molar-refractivity contribution in [3.63, 3.8) is 0 Å². The molecule has 0 aromatic carbocycles. The zero-order valence-electron chi connectivity index (χ0n) is 28.7. The molecule has 4 heteroatoms. The normalized spacial score (nSPS) is 13.7. The molecule has 0 saturated heterocycles. The number of carbonyl (C=O) groups is 2. The summed E-state index contributed by atoms with van der Waals surface area (Å²) in [7, 11) is 0. The molecular weight excluding hydrogens is 520 g/mol. The van der Waals surface area contributed by atoms with E-state index in [-0.39, 0.29) is 0 Å². The molecule has 0 aromatic heterocycles. The molecule has 0 bridgehead atoms. The van der Waals surface area contributed by atoms with Crippen LogP contribution in [0.5, 0.6) is 0 Å². The fourth-order valence-electron chi connectivity index (χ4n) is 6.98. The Kier molecular flexibility index (Phi) is 29.2. The Labute approximate surface area is 262 Å². The lowest BCUT2D eigenvalue weighted by Gasteiger charge is -2.37. The summed E-state index contributed by atoms with van der Waals surface area (Å²) < 4.78 is 0. The predicted octanol–water partition coefficient (Wildman–Crippen LogP) is 12.9. The third-order valence-electron chi connectivity index (χ3n) is 9.91. The monoisotopic (exact) mass is 595 g/mol. The summed E-state index contributed by atoms with van der Waals surface area (Å²) in [5.74, 6) is -0.857. The highest BCUT2D eigenvalue weighted by Crippen LogP contribution is 2.43. The first-order valence-corrected chi connectivity index (χ1v) is 18.9. The van der Waals surface area contributed by atoms with Crippen molar-refractivity contribution in [3.05, 3.63) is 0 Å². The summed E-state index contributed by atoms with van der Waals surface area (Å²) in [5, 5.41) is 19.2. The van der Waals surface area contributed by atoms with Gasteiger partial charge in [-0.25, -0.2) is 0 Å². The van der Waals surface area contributed by atoms with E-state index in [1.807, 2.05) is 0 Å². The van der Waals surface area contributed by atoms with E-state index in [0.29, 0.717) is 12.3 Å². The van der Waals surface area contributed by atoms with Crippen molar-refractivity contribution in [2.45, 2.75) is 220 Å². The predicted molar refractivity (Wildman–Crippen MR) is 181 cm³/mol. The molecule has 0 spiro atoms. The van der Waals surface area contributed by atoms with Crippen molar-refractivity contribution in [3.8, 4) is 0 Å². The average molecular weight is 595 g/mol. The second-order valence-corrected chi connectivity index (χ2v) is 13.5. The van der Waals surface area contributed by atoms with Gasteiger partial charge in [0.1, 0.15) is 0 Å². The molecule has 0 radical (unpaired) electrons. The van der Waals surface area contributed by atoms with E-state index in [1.54, 1.807) is 0 Å². The second-order valence-electron chi connectivity index (χ2n) is 13.5. The van der Waals surface area contributed by atoms with Crippen molar-refractivity contribution in [1.82, 2.24) is 0 Å². The minimum atomic E-state index is -0.668. The molecule has 2 atom stereocenters. The van der Waals surface area contributed by atoms with E-state index in [0.717, 1.165) is 44.9 Å². The standard InChI is InChI=1S/C38H74O4/c1-4-7-9-11-23-27-31-35(38(6-3,37(41)42)34-30-26-12-10-8-5-2)32-28-24-21-19-17-15-13-14-16-18-20-22-25-29-33-36(39)40/h35H,4-34H2,1-3H3,(H,39,40)(H,41,42). The first-order valence-electron chi connectivity index (χ1n) is 18.9. The lowest BCUT2D eigenvalue weighted by molar-refractivity contribution is -0.154. The van der Waals surface area contributed by atoms with Crippen molar-refractivity contribution in [2.24, 2.45) is 11.3 Å². The van der Waals surface area contributed by atoms with Crippen LogP contribution in [0.25, 0.3) is 0 Å². The van der Waals surface area contributed by atoms with E-state index in [4.69, 9.17) is 5.11 Å². The maximum atomic E-state index is 12.8. The maximum Gasteiger partial charge on any atom is 0.309 e. The van der Waals surface area contributed by atoms with Gasteiger partial charge in [0.2, 0.25) is 0 Å². The molecule has 0 aromatic rings. The Balaban J connectivity index is 4.37. The number of hydrogen-bond donors (Lipinski definition) is 2. The van der Waals surface area contributed by atoms with Crippen LogP contribution in [0.3, 0.4) is 0 Å². The van der Waals surface area contributed by atoms with Crippen LogP contribution >= 0.6 is 0 Å². The van der Waals surface area contributed by atoms with Crippen molar-refractivity contribution < 1.29 is 19.8 Å². The lowest BCUT2D eigenvalue weighted by Crippen LogP contribution is -2.38. The number of carboxylic acid groups (broad SMARTS) is 2. The highest BCUT2D eigenvalue weighted by molar-refractivity contribution is 5.75. The summed E-state index contributed by atoms with van der Waals surface area (Å²) in [5.41, 5.74) is -0.521. The largest absolute Gasteiger partial charge is 0.481 e. The summed E-state index contributed by atoms with van der Waals surface area (Å²) in [4.78, 5) is 23.3. The zero-order chi connectivity index (χ0) is 31.2. The minimum Gasteiger partial charge on any atom is -0.481 e. The molecule has 0 aliphatic rings. The van der Waals surface area contributed by atoms with Crippen LogP contribution in [0.2, 0.25) is 0 Å². The van der Waals surface area contributed by atoms with Crippen molar-refractivity contribution in [2.75, 3.05) is 0 Å². The van der Waals surface area contributed by atoms with Crippen LogP contribution in [-0.4, -0.2) is 22.2 Å². The van der Waals surface area contributed by atoms with Gasteiger partial charge in [-0.2, -0.15) is 0 Å². The molecule has 2 N–H and O–H groups in total. The molecule has 0 rings (SSSR count). The molecular formula is C38H74O4. The molecule has 0 aliphatic carbocycles. The highest BCUT2D eigenvalue weighted by atomic mass is 16.4. The van der Waals surface area contributed by atoms with Gasteiger partial charge in [0.15, 0.2) is 0 Å². The van der Waals surface area contributed by atoms with Gasteiger partial charge in [-0.1, -0.05) is 181 Å². The second kappa shape index (κ2) is 30.0. The Bertz CT molecular complexity index is 604. The van der Waals surface area contributed by atoms with E-state index in [9.17, 15) is 14.7 Å². The summed E-state index contributed by atoms with van der Waals surface area (Å²) in [6.07, 6.45) is 36.6. The number of rotatable bonds is 34. The first-order chi connectivity index (χ1) is 20.4. The van der Waals surface area contributed by atoms with Crippen LogP contribution in [-0.2, 0) is 9.59 Å². The third kappa shape index (κ3) is 22.5. The van der Waals surface area contributed by atoms with Gasteiger partial charge in [-0.15, -0.1) is 0 Å². The quantitative estimate of drug-likeness (QED) is 0.0727. The van der Waals surface area contributed by atoms with Gasteiger partial charge < -0.3 is 10.2 Å². The number of hydrogen-bond acceptors (Lipinski definition) is 2. The zero-order valence-corrected chi connectivity index (χ0v) is 28.7. The van der Waals surface area contributed by atoms with Crippen LogP contribution in [0.1, 0.15) is 220 Å². The van der Waals surface area contributed by atoms with E-state index in [2.05, 4.69) is 20.8 Å². The number of carboxylic acids is 2. The maximum absolute atomic E-state index is 12.8. The molecule has 250 valence electrons. The van der Waals surface area contributed by atoms with Gasteiger partial charge in [0.05, 0.1) is 5.41 Å². The molecule has 0 fully saturated rings. The van der Waals surface area contributed by atoms with E-state index >= 15 is 0 Å². The van der Waals surface area contributed by atoms with Crippen LogP contribution < -0.4 is 0 Å². The van der Waals surface area contributed by atoms with Gasteiger partial charge in [0, 0.05) is 6.42 Å². The van der Waals surface area contributed by atoms with Gasteiger partial charge in [-0.3, -0.25) is 9.59 Å². The Morgan fingerprint density at radius 2 is 0.810 bits per heavy atom. The summed E-state index contributed by atoms with van der Waals surface area (Å²) in [6, 6.07) is 0. The molecule has 0 heterocycles. The van der Waals surface area contributed by atoms with E-state index in [1.165, 1.54) is 148 Å². The molecule has 0 aliphatic heterocycles. The summed E-state index contributed by atoms with van der Waals surface area (Å²) in [6.45, 7) is 6.66. The Morgan fingerprint density at radius 3 is 1.14 bits per heavy atom. The first kappa shape index (κ1) is 40.9. The van der Waals surface area contributed by atoms with Gasteiger partial charge in [-0.05, 0) is 38.0 Å². The molecule has 4 nitrogen and oxygen atoms in total. The average Bonchev–Trinajstić information content (AvgIpc) is 2.97. The summed E-state index contributed by atoms with van der Waals surface area (Å²) >= 11 is 0. The lowest BCUT2D eigenvalue weighted by atomic mass is 9.66. The molecule has 0 saturated carbocycles. The Morgan fingerprint density at radius 1 is 0.476 bits per heavy atom. The Hall–Kier alpha value is -1.06. The highest BCUT2D eigenvalue weighted by Gasteiger charge is 2.42. The smallest absolute Gasteiger partial charge is 0.309 e. The van der Waals surface area contributed by atoms with Crippen molar-refractivity contribution in [1.29, 1.82) is 0 Å². The van der Waals surface area contributed by atoms with Crippen LogP contribution in [0.4, 0.5) is 0 Å². The fourth-order valence-corrected chi connectivity index (χ4v) is 6.98. The SMILES string of the molecule is CCCCCCCCC(CCCCCCCCCCCCCCCCC(=O)O)C(CC)(CCCCCCCC)C(=O)O. The van der Waals surface area contributed by atoms with Gasteiger partial charge in [0.25, 0.3) is 0 Å². The van der Waals surface area contributed by atoms with Crippen LogP contribution in [0, 0.1) is 11.3 Å².